The van der Waals surface area contributed by atoms with E-state index in [1.807, 2.05) is 4.90 Å². The molecular formula is C24H32N2O2. The van der Waals surface area contributed by atoms with Crippen molar-refractivity contribution in [3.8, 4) is 0 Å². The maximum atomic E-state index is 12.2. The molecule has 1 saturated heterocycles. The van der Waals surface area contributed by atoms with Gasteiger partial charge in [0.15, 0.2) is 0 Å². The second kappa shape index (κ2) is 9.85. The van der Waals surface area contributed by atoms with Gasteiger partial charge in [-0.25, -0.2) is 0 Å². The number of aryl methyl sites for hydroxylation is 1. The van der Waals surface area contributed by atoms with Gasteiger partial charge in [0, 0.05) is 52.7 Å². The summed E-state index contributed by atoms with van der Waals surface area (Å²) in [6, 6.07) is 19.3. The monoisotopic (exact) mass is 380 g/mol. The quantitative estimate of drug-likeness (QED) is 0.700. The van der Waals surface area contributed by atoms with Gasteiger partial charge in [-0.15, -0.1) is 0 Å². The molecule has 1 heterocycles. The Morgan fingerprint density at radius 1 is 1.11 bits per heavy atom. The van der Waals surface area contributed by atoms with Crippen LogP contribution in [0.25, 0.3) is 0 Å². The highest BCUT2D eigenvalue weighted by Crippen LogP contribution is 2.35. The van der Waals surface area contributed by atoms with Crippen molar-refractivity contribution >= 4 is 5.91 Å². The van der Waals surface area contributed by atoms with Crippen molar-refractivity contribution in [2.75, 3.05) is 39.9 Å². The molecule has 1 amide bonds. The predicted molar refractivity (Wildman–Crippen MR) is 113 cm³/mol. The molecule has 28 heavy (non-hydrogen) atoms. The average molecular weight is 381 g/mol. The molecule has 0 N–H and O–H groups in total. The number of likely N-dealkylation sites (tertiary alicyclic amines) is 1. The standard InChI is InChI=1S/C24H32N2O2/c1-19-9-7-8-12-23(19)24-18-25(15-21-10-5-4-6-11-21)16-22(24)17-26(20(2)27)13-14-28-3/h4-12,22,24H,13-18H2,1-3H3. The molecule has 2 aromatic rings. The van der Waals surface area contributed by atoms with Gasteiger partial charge in [0.2, 0.25) is 5.91 Å². The fraction of sp³-hybridized carbons (Fsp3) is 0.458. The van der Waals surface area contributed by atoms with Crippen LogP contribution in [0.15, 0.2) is 54.6 Å². The lowest BCUT2D eigenvalue weighted by Gasteiger charge is -2.28. The van der Waals surface area contributed by atoms with Crippen LogP contribution in [0.2, 0.25) is 0 Å². The van der Waals surface area contributed by atoms with Crippen LogP contribution in [-0.4, -0.2) is 55.6 Å². The summed E-state index contributed by atoms with van der Waals surface area (Å²) < 4.78 is 5.21. The Morgan fingerprint density at radius 2 is 1.82 bits per heavy atom. The zero-order valence-corrected chi connectivity index (χ0v) is 17.3. The molecule has 4 heteroatoms. The van der Waals surface area contributed by atoms with E-state index in [-0.39, 0.29) is 5.91 Å². The molecule has 0 saturated carbocycles. The number of benzene rings is 2. The first kappa shape index (κ1) is 20.6. The Bertz CT molecular complexity index is 762. The molecule has 0 aliphatic carbocycles. The smallest absolute Gasteiger partial charge is 0.219 e. The Morgan fingerprint density at radius 3 is 2.50 bits per heavy atom. The molecule has 0 bridgehead atoms. The normalized spacial score (nSPS) is 19.7. The summed E-state index contributed by atoms with van der Waals surface area (Å²) in [6.45, 7) is 8.86. The predicted octanol–water partition coefficient (Wildman–Crippen LogP) is 3.71. The van der Waals surface area contributed by atoms with E-state index in [0.29, 0.717) is 25.0 Å². The molecule has 0 spiro atoms. The number of methoxy groups -OCH3 is 1. The van der Waals surface area contributed by atoms with Gasteiger partial charge in [-0.3, -0.25) is 9.69 Å². The van der Waals surface area contributed by atoms with Crippen LogP contribution < -0.4 is 0 Å². The summed E-state index contributed by atoms with van der Waals surface area (Å²) in [5.41, 5.74) is 4.10. The number of carbonyl (C=O) groups excluding carboxylic acids is 1. The fourth-order valence-electron chi connectivity index (χ4n) is 4.33. The van der Waals surface area contributed by atoms with E-state index in [1.54, 1.807) is 14.0 Å². The lowest BCUT2D eigenvalue weighted by atomic mass is 9.86. The van der Waals surface area contributed by atoms with Crippen molar-refractivity contribution in [3.05, 3.63) is 71.3 Å². The Hall–Kier alpha value is -2.17. The van der Waals surface area contributed by atoms with Gasteiger partial charge in [0.25, 0.3) is 0 Å². The third-order valence-electron chi connectivity index (χ3n) is 5.82. The number of rotatable bonds is 8. The van der Waals surface area contributed by atoms with E-state index < -0.39 is 0 Å². The number of amides is 1. The molecule has 4 nitrogen and oxygen atoms in total. The first-order chi connectivity index (χ1) is 13.6. The fourth-order valence-corrected chi connectivity index (χ4v) is 4.33. The number of hydrogen-bond acceptors (Lipinski definition) is 3. The molecule has 1 aliphatic heterocycles. The Balaban J connectivity index is 1.79. The van der Waals surface area contributed by atoms with Crippen molar-refractivity contribution in [2.45, 2.75) is 26.3 Å². The van der Waals surface area contributed by atoms with Gasteiger partial charge in [-0.2, -0.15) is 0 Å². The van der Waals surface area contributed by atoms with E-state index >= 15 is 0 Å². The third-order valence-corrected chi connectivity index (χ3v) is 5.82. The van der Waals surface area contributed by atoms with Crippen LogP contribution in [0.1, 0.15) is 29.5 Å². The molecule has 150 valence electrons. The van der Waals surface area contributed by atoms with Gasteiger partial charge < -0.3 is 9.64 Å². The molecule has 2 unspecified atom stereocenters. The average Bonchev–Trinajstić information content (AvgIpc) is 3.08. The lowest BCUT2D eigenvalue weighted by Crippen LogP contribution is -2.38. The second-order valence-corrected chi connectivity index (χ2v) is 7.86. The zero-order chi connectivity index (χ0) is 19.9. The minimum absolute atomic E-state index is 0.127. The summed E-state index contributed by atoms with van der Waals surface area (Å²) in [5, 5.41) is 0. The maximum absolute atomic E-state index is 12.2. The van der Waals surface area contributed by atoms with E-state index in [9.17, 15) is 4.79 Å². The highest BCUT2D eigenvalue weighted by atomic mass is 16.5. The SMILES string of the molecule is COCCN(CC1CN(Cc2ccccc2)CC1c1ccccc1C)C(C)=O. The molecule has 1 fully saturated rings. The summed E-state index contributed by atoms with van der Waals surface area (Å²) in [7, 11) is 1.69. The van der Waals surface area contributed by atoms with Crippen molar-refractivity contribution in [1.82, 2.24) is 9.80 Å². The van der Waals surface area contributed by atoms with Crippen LogP contribution >= 0.6 is 0 Å². The van der Waals surface area contributed by atoms with Crippen molar-refractivity contribution in [2.24, 2.45) is 5.92 Å². The minimum atomic E-state index is 0.127. The second-order valence-electron chi connectivity index (χ2n) is 7.86. The van der Waals surface area contributed by atoms with E-state index in [1.165, 1.54) is 16.7 Å². The minimum Gasteiger partial charge on any atom is -0.383 e. The number of nitrogens with zero attached hydrogens (tertiary/aromatic N) is 2. The van der Waals surface area contributed by atoms with Gasteiger partial charge in [-0.1, -0.05) is 54.6 Å². The third kappa shape index (κ3) is 5.21. The largest absolute Gasteiger partial charge is 0.383 e. The van der Waals surface area contributed by atoms with E-state index in [4.69, 9.17) is 4.74 Å². The lowest BCUT2D eigenvalue weighted by molar-refractivity contribution is -0.130. The zero-order valence-electron chi connectivity index (χ0n) is 17.3. The number of carbonyl (C=O) groups is 1. The van der Waals surface area contributed by atoms with Gasteiger partial charge >= 0.3 is 0 Å². The first-order valence-corrected chi connectivity index (χ1v) is 10.1. The van der Waals surface area contributed by atoms with E-state index in [0.717, 1.165) is 26.2 Å². The van der Waals surface area contributed by atoms with E-state index in [2.05, 4.69) is 66.4 Å². The van der Waals surface area contributed by atoms with Crippen molar-refractivity contribution < 1.29 is 9.53 Å². The number of ether oxygens (including phenoxy) is 1. The van der Waals surface area contributed by atoms with Crippen LogP contribution in [0.5, 0.6) is 0 Å². The van der Waals surface area contributed by atoms with Crippen molar-refractivity contribution in [1.29, 1.82) is 0 Å². The molecular weight excluding hydrogens is 348 g/mol. The summed E-state index contributed by atoms with van der Waals surface area (Å²) in [4.78, 5) is 16.7. The first-order valence-electron chi connectivity index (χ1n) is 10.1. The molecule has 0 aromatic heterocycles. The number of hydrogen-bond donors (Lipinski definition) is 0. The van der Waals surface area contributed by atoms with Crippen LogP contribution in [0, 0.1) is 12.8 Å². The Kier molecular flexibility index (Phi) is 7.24. The highest BCUT2D eigenvalue weighted by molar-refractivity contribution is 5.73. The van der Waals surface area contributed by atoms with Gasteiger partial charge in [0.05, 0.1) is 6.61 Å². The topological polar surface area (TPSA) is 32.8 Å². The van der Waals surface area contributed by atoms with Gasteiger partial charge in [0.1, 0.15) is 0 Å². The summed E-state index contributed by atoms with van der Waals surface area (Å²) >= 11 is 0. The van der Waals surface area contributed by atoms with Gasteiger partial charge in [-0.05, 0) is 29.5 Å². The van der Waals surface area contributed by atoms with Crippen LogP contribution in [-0.2, 0) is 16.1 Å². The van der Waals surface area contributed by atoms with Crippen molar-refractivity contribution in [3.63, 3.8) is 0 Å². The Labute approximate surface area is 169 Å². The summed E-state index contributed by atoms with van der Waals surface area (Å²) in [6.07, 6.45) is 0. The maximum Gasteiger partial charge on any atom is 0.219 e. The molecule has 1 aliphatic rings. The molecule has 2 atom stereocenters. The highest BCUT2D eigenvalue weighted by Gasteiger charge is 2.35. The molecule has 3 rings (SSSR count). The molecule has 2 aromatic carbocycles. The molecule has 0 radical (unpaired) electrons. The van der Waals surface area contributed by atoms with Crippen LogP contribution in [0.4, 0.5) is 0 Å². The summed E-state index contributed by atoms with van der Waals surface area (Å²) in [5.74, 6) is 0.988. The van der Waals surface area contributed by atoms with Crippen LogP contribution in [0.3, 0.4) is 0 Å².